The standard InChI is InChI=1S/C20H17Cl4N5O2S/c1-2-29-16(9-17(30)26-15-5-3-4-14(23)19(15)24)27-28-20(29)32-10-18(31)25-13-7-11(21)6-12(22)8-13/h3-8H,2,9-10H2,1H3,(H,25,31)(H,26,30). The van der Waals surface area contributed by atoms with Crippen LogP contribution in [0.4, 0.5) is 11.4 Å². The van der Waals surface area contributed by atoms with Gasteiger partial charge in [-0.3, -0.25) is 9.59 Å². The topological polar surface area (TPSA) is 88.9 Å². The number of aromatic nitrogens is 3. The number of carbonyl (C=O) groups is 2. The summed E-state index contributed by atoms with van der Waals surface area (Å²) in [5.41, 5.74) is 0.918. The van der Waals surface area contributed by atoms with Gasteiger partial charge < -0.3 is 15.2 Å². The van der Waals surface area contributed by atoms with E-state index < -0.39 is 0 Å². The van der Waals surface area contributed by atoms with Gasteiger partial charge in [-0.25, -0.2) is 0 Å². The zero-order valence-electron chi connectivity index (χ0n) is 16.7. The summed E-state index contributed by atoms with van der Waals surface area (Å²) in [6, 6.07) is 9.77. The summed E-state index contributed by atoms with van der Waals surface area (Å²) in [4.78, 5) is 24.8. The zero-order valence-corrected chi connectivity index (χ0v) is 20.5. The first-order valence-electron chi connectivity index (χ1n) is 9.31. The highest BCUT2D eigenvalue weighted by Gasteiger charge is 2.17. The van der Waals surface area contributed by atoms with Crippen molar-refractivity contribution >= 4 is 81.4 Å². The molecule has 0 unspecified atom stereocenters. The second kappa shape index (κ2) is 11.2. The maximum absolute atomic E-state index is 12.5. The minimum atomic E-state index is -0.316. The van der Waals surface area contributed by atoms with Crippen LogP contribution in [0.25, 0.3) is 0 Å². The molecule has 12 heteroatoms. The van der Waals surface area contributed by atoms with Crippen molar-refractivity contribution in [2.45, 2.75) is 25.0 Å². The molecule has 0 saturated heterocycles. The molecule has 0 bridgehead atoms. The molecule has 0 aliphatic heterocycles. The largest absolute Gasteiger partial charge is 0.325 e. The maximum Gasteiger partial charge on any atom is 0.234 e. The van der Waals surface area contributed by atoms with E-state index in [9.17, 15) is 9.59 Å². The third kappa shape index (κ3) is 6.52. The Labute approximate surface area is 208 Å². The minimum absolute atomic E-state index is 0.0164. The highest BCUT2D eigenvalue weighted by Crippen LogP contribution is 2.29. The number of nitrogens with zero attached hydrogens (tertiary/aromatic N) is 3. The average Bonchev–Trinajstić information content (AvgIpc) is 3.10. The fraction of sp³-hybridized carbons (Fsp3) is 0.200. The van der Waals surface area contributed by atoms with Crippen molar-refractivity contribution in [3.05, 3.63) is 62.3 Å². The number of nitrogens with one attached hydrogen (secondary N) is 2. The first-order chi connectivity index (χ1) is 15.3. The highest BCUT2D eigenvalue weighted by atomic mass is 35.5. The van der Waals surface area contributed by atoms with Crippen LogP contribution >= 0.6 is 58.2 Å². The van der Waals surface area contributed by atoms with Crippen LogP contribution in [0, 0.1) is 0 Å². The molecule has 0 saturated carbocycles. The summed E-state index contributed by atoms with van der Waals surface area (Å²) in [5, 5.41) is 15.6. The number of benzene rings is 2. The van der Waals surface area contributed by atoms with E-state index in [4.69, 9.17) is 46.4 Å². The smallest absolute Gasteiger partial charge is 0.234 e. The van der Waals surface area contributed by atoms with E-state index in [1.807, 2.05) is 6.92 Å². The first kappa shape index (κ1) is 24.7. The lowest BCUT2D eigenvalue weighted by atomic mass is 10.3. The van der Waals surface area contributed by atoms with Crippen LogP contribution in [-0.4, -0.2) is 32.3 Å². The molecule has 32 heavy (non-hydrogen) atoms. The van der Waals surface area contributed by atoms with Crippen molar-refractivity contribution in [1.29, 1.82) is 0 Å². The Kier molecular flexibility index (Phi) is 8.67. The molecule has 2 N–H and O–H groups in total. The first-order valence-corrected chi connectivity index (χ1v) is 11.8. The molecule has 2 aromatic carbocycles. The van der Waals surface area contributed by atoms with Gasteiger partial charge in [0.15, 0.2) is 5.16 Å². The molecule has 0 fully saturated rings. The van der Waals surface area contributed by atoms with Crippen LogP contribution in [0.2, 0.25) is 20.1 Å². The number of hydrogen-bond donors (Lipinski definition) is 2. The summed E-state index contributed by atoms with van der Waals surface area (Å²) in [7, 11) is 0. The van der Waals surface area contributed by atoms with Crippen molar-refractivity contribution < 1.29 is 9.59 Å². The Morgan fingerprint density at radius 3 is 2.41 bits per heavy atom. The van der Waals surface area contributed by atoms with Crippen LogP contribution in [0.1, 0.15) is 12.7 Å². The van der Waals surface area contributed by atoms with Gasteiger partial charge in [0.05, 0.1) is 27.9 Å². The lowest BCUT2D eigenvalue weighted by molar-refractivity contribution is -0.116. The maximum atomic E-state index is 12.5. The van der Waals surface area contributed by atoms with E-state index in [0.717, 1.165) is 0 Å². The quantitative estimate of drug-likeness (QED) is 0.356. The molecule has 3 aromatic rings. The summed E-state index contributed by atoms with van der Waals surface area (Å²) in [5.74, 6) is -0.0167. The Hall–Kier alpha value is -1.97. The van der Waals surface area contributed by atoms with E-state index in [1.165, 1.54) is 11.8 Å². The van der Waals surface area contributed by atoms with Gasteiger partial charge in [0.2, 0.25) is 11.8 Å². The van der Waals surface area contributed by atoms with Gasteiger partial charge in [0.1, 0.15) is 5.82 Å². The SMILES string of the molecule is CCn1c(CC(=O)Nc2cccc(Cl)c2Cl)nnc1SCC(=O)Nc1cc(Cl)cc(Cl)c1. The van der Waals surface area contributed by atoms with Crippen molar-refractivity contribution in [2.75, 3.05) is 16.4 Å². The molecule has 0 spiro atoms. The van der Waals surface area contributed by atoms with Crippen LogP contribution in [0.5, 0.6) is 0 Å². The Balaban J connectivity index is 1.61. The van der Waals surface area contributed by atoms with Crippen LogP contribution in [-0.2, 0) is 22.6 Å². The molecule has 2 amide bonds. The number of amides is 2. The minimum Gasteiger partial charge on any atom is -0.325 e. The predicted octanol–water partition coefficient (Wildman–Crippen LogP) is 5.82. The Morgan fingerprint density at radius 2 is 1.72 bits per heavy atom. The van der Waals surface area contributed by atoms with Crippen LogP contribution in [0.15, 0.2) is 41.6 Å². The molecular weight excluding hydrogens is 516 g/mol. The van der Waals surface area contributed by atoms with Gasteiger partial charge >= 0.3 is 0 Å². The van der Waals surface area contributed by atoms with E-state index in [2.05, 4.69) is 20.8 Å². The van der Waals surface area contributed by atoms with Gasteiger partial charge in [0, 0.05) is 22.3 Å². The van der Waals surface area contributed by atoms with E-state index in [0.29, 0.717) is 44.0 Å². The van der Waals surface area contributed by atoms with E-state index in [1.54, 1.807) is 41.0 Å². The van der Waals surface area contributed by atoms with Gasteiger partial charge in [-0.15, -0.1) is 10.2 Å². The molecule has 168 valence electrons. The molecular formula is C20H17Cl4N5O2S. The molecule has 1 aromatic heterocycles. The summed E-state index contributed by atoms with van der Waals surface area (Å²) < 4.78 is 1.77. The second-order valence-corrected chi connectivity index (χ2v) is 9.06. The number of halogens is 4. The van der Waals surface area contributed by atoms with Crippen molar-refractivity contribution in [3.63, 3.8) is 0 Å². The number of rotatable bonds is 8. The van der Waals surface area contributed by atoms with Crippen LogP contribution < -0.4 is 10.6 Å². The number of thioether (sulfide) groups is 1. The van der Waals surface area contributed by atoms with Crippen molar-refractivity contribution in [3.8, 4) is 0 Å². The average molecular weight is 533 g/mol. The number of carbonyl (C=O) groups excluding carboxylic acids is 2. The molecule has 3 rings (SSSR count). The van der Waals surface area contributed by atoms with Crippen molar-refractivity contribution in [1.82, 2.24) is 14.8 Å². The summed E-state index contributed by atoms with van der Waals surface area (Å²) in [6.45, 7) is 2.43. The third-order valence-corrected chi connectivity index (χ3v) is 6.35. The molecule has 0 aliphatic carbocycles. The molecule has 7 nitrogen and oxygen atoms in total. The van der Waals surface area contributed by atoms with Gasteiger partial charge in [0.25, 0.3) is 0 Å². The van der Waals surface area contributed by atoms with Crippen LogP contribution in [0.3, 0.4) is 0 Å². The Morgan fingerprint density at radius 1 is 1.00 bits per heavy atom. The normalized spacial score (nSPS) is 10.8. The zero-order chi connectivity index (χ0) is 23.3. The third-order valence-electron chi connectivity index (χ3n) is 4.13. The lowest BCUT2D eigenvalue weighted by Crippen LogP contribution is -2.18. The van der Waals surface area contributed by atoms with E-state index in [-0.39, 0.29) is 29.0 Å². The Bertz CT molecular complexity index is 1130. The number of hydrogen-bond acceptors (Lipinski definition) is 5. The fourth-order valence-corrected chi connectivity index (χ4v) is 4.46. The lowest BCUT2D eigenvalue weighted by Gasteiger charge is -2.10. The molecule has 0 atom stereocenters. The number of anilines is 2. The van der Waals surface area contributed by atoms with Gasteiger partial charge in [-0.1, -0.05) is 64.2 Å². The van der Waals surface area contributed by atoms with Crippen molar-refractivity contribution in [2.24, 2.45) is 0 Å². The molecule has 1 heterocycles. The summed E-state index contributed by atoms with van der Waals surface area (Å²) >= 11 is 25.2. The van der Waals surface area contributed by atoms with E-state index >= 15 is 0 Å². The fourth-order valence-electron chi connectivity index (χ4n) is 2.77. The predicted molar refractivity (Wildman–Crippen MR) is 130 cm³/mol. The van der Waals surface area contributed by atoms with Gasteiger partial charge in [-0.2, -0.15) is 0 Å². The molecule has 0 aliphatic rings. The second-order valence-electron chi connectivity index (χ2n) is 6.46. The highest BCUT2D eigenvalue weighted by molar-refractivity contribution is 7.99. The monoisotopic (exact) mass is 531 g/mol. The summed E-state index contributed by atoms with van der Waals surface area (Å²) in [6.07, 6.45) is -0.0164. The molecule has 0 radical (unpaired) electrons. The van der Waals surface area contributed by atoms with Gasteiger partial charge in [-0.05, 0) is 37.3 Å².